The summed E-state index contributed by atoms with van der Waals surface area (Å²) in [4.78, 5) is 0. The lowest BCUT2D eigenvalue weighted by molar-refractivity contribution is -0.0683. The zero-order valence-corrected chi connectivity index (χ0v) is 13.8. The quantitative estimate of drug-likeness (QED) is 0.701. The summed E-state index contributed by atoms with van der Waals surface area (Å²) >= 11 is 6.10. The van der Waals surface area contributed by atoms with Crippen LogP contribution in [0, 0.1) is 0 Å². The highest BCUT2D eigenvalue weighted by Crippen LogP contribution is 2.64. The molecule has 7 nitrogen and oxygen atoms in total. The van der Waals surface area contributed by atoms with Gasteiger partial charge in [0.05, 0.1) is 33.0 Å². The molecule has 0 amide bonds. The summed E-state index contributed by atoms with van der Waals surface area (Å²) < 4.78 is 12.2. The van der Waals surface area contributed by atoms with Crippen molar-refractivity contribution in [3.63, 3.8) is 0 Å². The molecule has 0 aliphatic carbocycles. The Bertz CT molecular complexity index is 987. The number of hydrogen-bond donors (Lipinski definition) is 2. The Morgan fingerprint density at radius 1 is 1.04 bits per heavy atom. The molecule has 2 aliphatic rings. The van der Waals surface area contributed by atoms with Crippen LogP contribution in [0.25, 0.3) is 16.7 Å². The molecule has 24 heavy (non-hydrogen) atoms. The van der Waals surface area contributed by atoms with E-state index in [1.54, 1.807) is 12.1 Å². The van der Waals surface area contributed by atoms with Crippen LogP contribution in [0.5, 0.6) is 11.8 Å². The molecule has 0 radical (unpaired) electrons. The Morgan fingerprint density at radius 2 is 1.62 bits per heavy atom. The van der Waals surface area contributed by atoms with Crippen LogP contribution in [-0.4, -0.2) is 25.1 Å². The third-order valence-electron chi connectivity index (χ3n) is 5.29. The zero-order chi connectivity index (χ0) is 16.9. The summed E-state index contributed by atoms with van der Waals surface area (Å²) in [6.45, 7) is 3.87. The van der Waals surface area contributed by atoms with Crippen LogP contribution in [0.3, 0.4) is 0 Å². The van der Waals surface area contributed by atoms with E-state index in [4.69, 9.17) is 21.0 Å². The van der Waals surface area contributed by atoms with Gasteiger partial charge in [-0.3, -0.25) is 0 Å². The largest absolute Gasteiger partial charge is 0.494 e. The second-order valence-corrected chi connectivity index (χ2v) is 7.23. The minimum Gasteiger partial charge on any atom is -0.494 e. The number of fused-ring (bicyclic) bond motifs is 6. The molecule has 2 aliphatic heterocycles. The van der Waals surface area contributed by atoms with Crippen LogP contribution >= 0.6 is 11.6 Å². The van der Waals surface area contributed by atoms with Crippen molar-refractivity contribution in [3.8, 4) is 17.4 Å². The van der Waals surface area contributed by atoms with Crippen LogP contribution in [0.4, 0.5) is 0 Å². The first-order valence-electron chi connectivity index (χ1n) is 7.65. The highest BCUT2D eigenvalue weighted by Gasteiger charge is 2.59. The first kappa shape index (κ1) is 14.1. The Hall–Kier alpha value is -2.25. The molecule has 2 aromatic heterocycles. The molecule has 2 atom stereocenters. The van der Waals surface area contributed by atoms with Crippen molar-refractivity contribution in [3.05, 3.63) is 28.3 Å². The van der Waals surface area contributed by atoms with Gasteiger partial charge in [0, 0.05) is 0 Å². The molecule has 8 heteroatoms. The number of aromatic hydroxyl groups is 2. The minimum atomic E-state index is -0.607. The van der Waals surface area contributed by atoms with E-state index in [0.717, 1.165) is 12.8 Å². The Kier molecular flexibility index (Phi) is 2.38. The fourth-order valence-corrected chi connectivity index (χ4v) is 4.40. The number of benzene rings is 1. The number of hydrogen-bond acceptors (Lipinski definition) is 6. The second kappa shape index (κ2) is 4.04. The van der Waals surface area contributed by atoms with Crippen LogP contribution in [0.1, 0.15) is 37.8 Å². The van der Waals surface area contributed by atoms with Gasteiger partial charge >= 0.3 is 0 Å². The van der Waals surface area contributed by atoms with Crippen molar-refractivity contribution >= 4 is 22.6 Å². The highest BCUT2D eigenvalue weighted by atomic mass is 35.5. The molecular formula is C16H14ClN3O4. The summed E-state index contributed by atoms with van der Waals surface area (Å²) in [5.74, 6) is -0.111. The Morgan fingerprint density at radius 3 is 2.25 bits per heavy atom. The third kappa shape index (κ3) is 1.43. The maximum Gasteiger partial charge on any atom is 0.205 e. The molecule has 0 spiro atoms. The zero-order valence-electron chi connectivity index (χ0n) is 13.0. The average molecular weight is 348 g/mol. The lowest BCUT2D eigenvalue weighted by atomic mass is 9.80. The van der Waals surface area contributed by atoms with E-state index in [0.29, 0.717) is 32.9 Å². The summed E-state index contributed by atoms with van der Waals surface area (Å²) in [5.41, 5.74) is 1.24. The predicted octanol–water partition coefficient (Wildman–Crippen LogP) is 3.33. The SMILES string of the molecule is CC12CCC(C)(O1)c1c2c(O)n(-c2ccc(Cl)c3nonc23)c1O. The summed E-state index contributed by atoms with van der Waals surface area (Å²) in [5, 5.41) is 29.8. The van der Waals surface area contributed by atoms with Crippen molar-refractivity contribution in [2.45, 2.75) is 37.9 Å². The topological polar surface area (TPSA) is 93.5 Å². The van der Waals surface area contributed by atoms with Gasteiger partial charge < -0.3 is 14.9 Å². The van der Waals surface area contributed by atoms with Crippen LogP contribution < -0.4 is 0 Å². The van der Waals surface area contributed by atoms with Crippen molar-refractivity contribution in [1.82, 2.24) is 14.9 Å². The lowest BCUT2D eigenvalue weighted by Gasteiger charge is -2.21. The van der Waals surface area contributed by atoms with Gasteiger partial charge in [0.15, 0.2) is 11.0 Å². The number of ether oxygens (including phenoxy) is 1. The maximum absolute atomic E-state index is 10.9. The number of halogens is 1. The smallest absolute Gasteiger partial charge is 0.205 e. The molecule has 1 aromatic carbocycles. The minimum absolute atomic E-state index is 0.0555. The van der Waals surface area contributed by atoms with E-state index in [1.165, 1.54) is 4.57 Å². The summed E-state index contributed by atoms with van der Waals surface area (Å²) in [7, 11) is 0. The molecule has 1 saturated heterocycles. The highest BCUT2D eigenvalue weighted by molar-refractivity contribution is 6.35. The molecule has 1 fully saturated rings. The monoisotopic (exact) mass is 347 g/mol. The van der Waals surface area contributed by atoms with Crippen LogP contribution in [0.15, 0.2) is 16.8 Å². The van der Waals surface area contributed by atoms with Crippen LogP contribution in [0.2, 0.25) is 5.02 Å². The van der Waals surface area contributed by atoms with E-state index in [1.807, 2.05) is 13.8 Å². The van der Waals surface area contributed by atoms with Gasteiger partial charge in [-0.2, -0.15) is 0 Å². The maximum atomic E-state index is 10.9. The standard InChI is InChI=1S/C16H14ClN3O4/c1-15-5-6-16(2,23-15)10-9(15)13(21)20(14(10)22)8-4-3-7(17)11-12(8)19-24-18-11/h3-4,21-22H,5-6H2,1-2H3. The molecule has 2 N–H and O–H groups in total. The normalized spacial score (nSPS) is 28.0. The fourth-order valence-electron chi connectivity index (χ4n) is 4.21. The van der Waals surface area contributed by atoms with Crippen molar-refractivity contribution in [1.29, 1.82) is 0 Å². The summed E-state index contributed by atoms with van der Waals surface area (Å²) in [6, 6.07) is 3.29. The van der Waals surface area contributed by atoms with Crippen LogP contribution in [-0.2, 0) is 15.9 Å². The van der Waals surface area contributed by atoms with E-state index in [9.17, 15) is 10.2 Å². The van der Waals surface area contributed by atoms with Crippen molar-refractivity contribution in [2.75, 3.05) is 0 Å². The van der Waals surface area contributed by atoms with Gasteiger partial charge in [-0.15, -0.1) is 0 Å². The second-order valence-electron chi connectivity index (χ2n) is 6.82. The Labute approximate surface area is 141 Å². The average Bonchev–Trinajstić information content (AvgIpc) is 3.23. The Balaban J connectivity index is 1.86. The molecule has 2 bridgehead atoms. The van der Waals surface area contributed by atoms with Crippen molar-refractivity contribution in [2.24, 2.45) is 0 Å². The molecule has 124 valence electrons. The molecule has 0 saturated carbocycles. The molecule has 5 rings (SSSR count). The number of aromatic nitrogens is 3. The number of rotatable bonds is 1. The first-order valence-corrected chi connectivity index (χ1v) is 8.02. The fraction of sp³-hybridized carbons (Fsp3) is 0.375. The van der Waals surface area contributed by atoms with E-state index < -0.39 is 11.2 Å². The van der Waals surface area contributed by atoms with Gasteiger partial charge in [0.2, 0.25) is 11.8 Å². The summed E-state index contributed by atoms with van der Waals surface area (Å²) in [6.07, 6.45) is 1.57. The molecular weight excluding hydrogens is 334 g/mol. The molecule has 3 aromatic rings. The van der Waals surface area contributed by atoms with Gasteiger partial charge in [0.1, 0.15) is 0 Å². The third-order valence-corrected chi connectivity index (χ3v) is 5.60. The van der Waals surface area contributed by atoms with E-state index in [-0.39, 0.29) is 11.8 Å². The van der Waals surface area contributed by atoms with Gasteiger partial charge in [-0.05, 0) is 49.1 Å². The first-order chi connectivity index (χ1) is 11.4. The lowest BCUT2D eigenvalue weighted by Crippen LogP contribution is -2.17. The van der Waals surface area contributed by atoms with E-state index in [2.05, 4.69) is 10.3 Å². The van der Waals surface area contributed by atoms with Crippen molar-refractivity contribution < 1.29 is 19.6 Å². The van der Waals surface area contributed by atoms with Gasteiger partial charge in [-0.25, -0.2) is 9.20 Å². The number of nitrogens with zero attached hydrogens (tertiary/aromatic N) is 3. The van der Waals surface area contributed by atoms with Gasteiger partial charge in [0.25, 0.3) is 0 Å². The molecule has 4 heterocycles. The predicted molar refractivity (Wildman–Crippen MR) is 84.5 cm³/mol. The van der Waals surface area contributed by atoms with Gasteiger partial charge in [-0.1, -0.05) is 11.6 Å². The van der Waals surface area contributed by atoms with E-state index >= 15 is 0 Å². The molecule has 2 unspecified atom stereocenters.